The van der Waals surface area contributed by atoms with Crippen molar-refractivity contribution in [2.24, 2.45) is 0 Å². The first-order chi connectivity index (χ1) is 10.2. The van der Waals surface area contributed by atoms with Crippen LogP contribution in [0.2, 0.25) is 0 Å². The van der Waals surface area contributed by atoms with Crippen LogP contribution in [0.15, 0.2) is 34.7 Å². The van der Waals surface area contributed by atoms with Crippen molar-refractivity contribution in [3.63, 3.8) is 0 Å². The number of carbonyl (C=O) groups is 1. The van der Waals surface area contributed by atoms with Crippen LogP contribution in [0.3, 0.4) is 0 Å². The van der Waals surface area contributed by atoms with Crippen molar-refractivity contribution in [1.29, 1.82) is 0 Å². The summed E-state index contributed by atoms with van der Waals surface area (Å²) in [5.74, 6) is 0.861. The van der Waals surface area contributed by atoms with Crippen LogP contribution >= 0.6 is 0 Å². The zero-order valence-corrected chi connectivity index (χ0v) is 12.0. The second-order valence-corrected chi connectivity index (χ2v) is 4.64. The van der Waals surface area contributed by atoms with Gasteiger partial charge in [-0.1, -0.05) is 18.2 Å². The molecule has 108 valence electrons. The summed E-state index contributed by atoms with van der Waals surface area (Å²) in [6.45, 7) is 1.46. The molecule has 2 aromatic carbocycles. The van der Waals surface area contributed by atoms with Gasteiger partial charge >= 0.3 is 0 Å². The summed E-state index contributed by atoms with van der Waals surface area (Å²) in [5, 5.41) is 4.54. The molecular weight excluding hydrogens is 270 g/mol. The van der Waals surface area contributed by atoms with Gasteiger partial charge in [0.2, 0.25) is 11.7 Å². The van der Waals surface area contributed by atoms with Crippen LogP contribution in [0.1, 0.15) is 6.92 Å². The van der Waals surface area contributed by atoms with Crippen LogP contribution < -0.4 is 14.8 Å². The summed E-state index contributed by atoms with van der Waals surface area (Å²) >= 11 is 0. The number of hydrogen-bond donors (Lipinski definition) is 1. The maximum atomic E-state index is 11.5. The Labute approximate surface area is 121 Å². The minimum atomic E-state index is -0.159. The van der Waals surface area contributed by atoms with Crippen LogP contribution in [0, 0.1) is 0 Å². The second-order valence-electron chi connectivity index (χ2n) is 4.64. The van der Waals surface area contributed by atoms with E-state index in [1.807, 2.05) is 24.3 Å². The van der Waals surface area contributed by atoms with E-state index in [-0.39, 0.29) is 5.91 Å². The van der Waals surface area contributed by atoms with E-state index in [2.05, 4.69) is 5.32 Å². The number of ether oxygens (including phenoxy) is 2. The third kappa shape index (κ3) is 2.07. The minimum absolute atomic E-state index is 0.159. The molecule has 0 aliphatic carbocycles. The van der Waals surface area contributed by atoms with Gasteiger partial charge in [-0.3, -0.25) is 4.79 Å². The molecule has 3 aromatic rings. The Kier molecular flexibility index (Phi) is 3.17. The number of anilines is 1. The van der Waals surface area contributed by atoms with E-state index in [1.54, 1.807) is 20.3 Å². The summed E-state index contributed by atoms with van der Waals surface area (Å²) in [6.07, 6.45) is 0. The van der Waals surface area contributed by atoms with Crippen molar-refractivity contribution in [2.75, 3.05) is 19.5 Å². The van der Waals surface area contributed by atoms with Gasteiger partial charge in [-0.25, -0.2) is 0 Å². The van der Waals surface area contributed by atoms with Gasteiger partial charge in [0.15, 0.2) is 11.3 Å². The monoisotopic (exact) mass is 285 g/mol. The molecule has 0 aliphatic heterocycles. The lowest BCUT2D eigenvalue weighted by molar-refractivity contribution is -0.114. The highest BCUT2D eigenvalue weighted by Gasteiger charge is 2.20. The van der Waals surface area contributed by atoms with E-state index in [0.717, 1.165) is 16.4 Å². The molecule has 1 aromatic heterocycles. The number of amides is 1. The smallest absolute Gasteiger partial charge is 0.221 e. The number of fused-ring (bicyclic) bond motifs is 3. The number of nitrogens with one attached hydrogen (secondary N) is 1. The Hall–Kier alpha value is -2.69. The molecule has 0 saturated heterocycles. The van der Waals surface area contributed by atoms with Crippen molar-refractivity contribution in [1.82, 2.24) is 0 Å². The van der Waals surface area contributed by atoms with Crippen molar-refractivity contribution in [2.45, 2.75) is 6.92 Å². The van der Waals surface area contributed by atoms with Crippen molar-refractivity contribution in [3.8, 4) is 11.5 Å². The van der Waals surface area contributed by atoms with E-state index in [4.69, 9.17) is 13.9 Å². The molecule has 3 rings (SSSR count). The molecular formula is C16H15NO4. The van der Waals surface area contributed by atoms with Crippen molar-refractivity contribution < 1.29 is 18.7 Å². The molecule has 1 amide bonds. The molecule has 21 heavy (non-hydrogen) atoms. The number of carbonyl (C=O) groups excluding carboxylic acids is 1. The molecule has 0 unspecified atom stereocenters. The second kappa shape index (κ2) is 5.01. The van der Waals surface area contributed by atoms with Gasteiger partial charge in [0.25, 0.3) is 0 Å². The molecule has 1 heterocycles. The zero-order valence-electron chi connectivity index (χ0n) is 12.0. The summed E-state index contributed by atoms with van der Waals surface area (Å²) in [7, 11) is 3.10. The molecule has 0 saturated carbocycles. The standard InChI is InChI=1S/C16H15NO4/c1-9(18)17-11-8-13(19-2)15(20-3)16-14(11)10-6-4-5-7-12(10)21-16/h4-8H,1-3H3,(H,17,18). The van der Waals surface area contributed by atoms with Gasteiger partial charge in [-0.15, -0.1) is 0 Å². The first-order valence-electron chi connectivity index (χ1n) is 6.49. The maximum Gasteiger partial charge on any atom is 0.221 e. The number of rotatable bonds is 3. The lowest BCUT2D eigenvalue weighted by Gasteiger charge is -2.11. The van der Waals surface area contributed by atoms with Gasteiger partial charge in [-0.05, 0) is 6.07 Å². The Morgan fingerprint density at radius 1 is 1.19 bits per heavy atom. The van der Waals surface area contributed by atoms with Crippen LogP contribution in [0.5, 0.6) is 11.5 Å². The highest BCUT2D eigenvalue weighted by Crippen LogP contribution is 2.44. The maximum absolute atomic E-state index is 11.5. The fraction of sp³-hybridized carbons (Fsp3) is 0.188. The summed E-state index contributed by atoms with van der Waals surface area (Å²) in [6, 6.07) is 9.37. The summed E-state index contributed by atoms with van der Waals surface area (Å²) in [5.41, 5.74) is 1.92. The van der Waals surface area contributed by atoms with Crippen LogP contribution in [0.4, 0.5) is 5.69 Å². The lowest BCUT2D eigenvalue weighted by atomic mass is 10.1. The quantitative estimate of drug-likeness (QED) is 0.799. The van der Waals surface area contributed by atoms with E-state index in [9.17, 15) is 4.79 Å². The third-order valence-corrected chi connectivity index (χ3v) is 3.31. The molecule has 0 bridgehead atoms. The molecule has 1 N–H and O–H groups in total. The Balaban J connectivity index is 2.46. The van der Waals surface area contributed by atoms with E-state index in [1.165, 1.54) is 6.92 Å². The SMILES string of the molecule is COc1cc(NC(C)=O)c2c(oc3ccccc32)c1OC. The van der Waals surface area contributed by atoms with E-state index >= 15 is 0 Å². The van der Waals surface area contributed by atoms with Gasteiger partial charge in [0, 0.05) is 18.4 Å². The van der Waals surface area contributed by atoms with E-state index in [0.29, 0.717) is 22.8 Å². The van der Waals surface area contributed by atoms with Gasteiger partial charge in [0.05, 0.1) is 25.3 Å². The van der Waals surface area contributed by atoms with Gasteiger partial charge in [0.1, 0.15) is 5.58 Å². The number of hydrogen-bond acceptors (Lipinski definition) is 4. The fourth-order valence-electron chi connectivity index (χ4n) is 2.49. The highest BCUT2D eigenvalue weighted by atomic mass is 16.5. The van der Waals surface area contributed by atoms with E-state index < -0.39 is 0 Å². The molecule has 0 atom stereocenters. The zero-order chi connectivity index (χ0) is 15.0. The predicted molar refractivity (Wildman–Crippen MR) is 81.1 cm³/mol. The van der Waals surface area contributed by atoms with Crippen molar-refractivity contribution in [3.05, 3.63) is 30.3 Å². The Morgan fingerprint density at radius 2 is 1.95 bits per heavy atom. The topological polar surface area (TPSA) is 60.7 Å². The average Bonchev–Trinajstić information content (AvgIpc) is 2.85. The number of furan rings is 1. The predicted octanol–water partition coefficient (Wildman–Crippen LogP) is 3.56. The molecule has 0 aliphatic rings. The molecule has 0 radical (unpaired) electrons. The van der Waals surface area contributed by atoms with Crippen molar-refractivity contribution >= 4 is 33.5 Å². The first-order valence-corrected chi connectivity index (χ1v) is 6.49. The third-order valence-electron chi connectivity index (χ3n) is 3.31. The number of para-hydroxylation sites is 1. The molecule has 0 spiro atoms. The Morgan fingerprint density at radius 3 is 2.62 bits per heavy atom. The largest absolute Gasteiger partial charge is 0.493 e. The molecule has 5 heteroatoms. The highest BCUT2D eigenvalue weighted by molar-refractivity contribution is 6.16. The van der Waals surface area contributed by atoms with Crippen LogP contribution in [0.25, 0.3) is 21.9 Å². The number of benzene rings is 2. The summed E-state index contributed by atoms with van der Waals surface area (Å²) in [4.78, 5) is 11.5. The molecule has 0 fully saturated rings. The lowest BCUT2D eigenvalue weighted by Crippen LogP contribution is -2.06. The average molecular weight is 285 g/mol. The number of methoxy groups -OCH3 is 2. The summed E-state index contributed by atoms with van der Waals surface area (Å²) < 4.78 is 16.6. The van der Waals surface area contributed by atoms with Gasteiger partial charge in [-0.2, -0.15) is 0 Å². The Bertz CT molecular complexity index is 835. The van der Waals surface area contributed by atoms with Crippen LogP contribution in [-0.4, -0.2) is 20.1 Å². The normalized spacial score (nSPS) is 10.8. The fourth-order valence-corrected chi connectivity index (χ4v) is 2.49. The minimum Gasteiger partial charge on any atom is -0.493 e. The molecule has 5 nitrogen and oxygen atoms in total. The first kappa shape index (κ1) is 13.3. The van der Waals surface area contributed by atoms with Gasteiger partial charge < -0.3 is 19.2 Å². The van der Waals surface area contributed by atoms with Crippen LogP contribution in [-0.2, 0) is 4.79 Å².